The molecule has 1 aromatic carbocycles. The predicted molar refractivity (Wildman–Crippen MR) is 115 cm³/mol. The van der Waals surface area contributed by atoms with Crippen LogP contribution in [0.1, 0.15) is 26.7 Å². The first-order valence-electron chi connectivity index (χ1n) is 9.40. The number of hydrogen-bond donors (Lipinski definition) is 3. The average molecular weight is 439 g/mol. The monoisotopic (exact) mass is 438 g/mol. The van der Waals surface area contributed by atoms with Crippen LogP contribution < -0.4 is 16.2 Å². The molecule has 29 heavy (non-hydrogen) atoms. The maximum Gasteiger partial charge on any atom is 0.243 e. The van der Waals surface area contributed by atoms with E-state index in [2.05, 4.69) is 16.2 Å². The lowest BCUT2D eigenvalue weighted by molar-refractivity contribution is -0.117. The second-order valence-corrected chi connectivity index (χ2v) is 10.2. The van der Waals surface area contributed by atoms with E-state index in [0.717, 1.165) is 12.1 Å². The lowest BCUT2D eigenvalue weighted by Crippen LogP contribution is -2.42. The van der Waals surface area contributed by atoms with E-state index in [4.69, 9.17) is 17.0 Å². The SMILES string of the molecule is CC1(C)CC(=O)C=C(NNC(=S)Nc2ccc(S(=O)(=O)N3CCOCC3)cc2)C1. The minimum atomic E-state index is -3.52. The number of carbonyl (C=O) groups is 1. The maximum absolute atomic E-state index is 12.6. The Balaban J connectivity index is 1.55. The first kappa shape index (κ1) is 21.7. The van der Waals surface area contributed by atoms with Crippen molar-refractivity contribution >= 4 is 38.8 Å². The van der Waals surface area contributed by atoms with Crippen molar-refractivity contribution in [3.8, 4) is 0 Å². The van der Waals surface area contributed by atoms with Gasteiger partial charge in [0.2, 0.25) is 10.0 Å². The van der Waals surface area contributed by atoms with Gasteiger partial charge in [-0.2, -0.15) is 4.31 Å². The molecule has 1 saturated heterocycles. The highest BCUT2D eigenvalue weighted by Gasteiger charge is 2.28. The molecular formula is C19H26N4O4S2. The van der Waals surface area contributed by atoms with Crippen LogP contribution in [0.4, 0.5) is 5.69 Å². The van der Waals surface area contributed by atoms with Crippen molar-refractivity contribution in [2.24, 2.45) is 5.41 Å². The lowest BCUT2D eigenvalue weighted by atomic mass is 9.79. The highest BCUT2D eigenvalue weighted by Crippen LogP contribution is 2.32. The summed E-state index contributed by atoms with van der Waals surface area (Å²) >= 11 is 5.26. The van der Waals surface area contributed by atoms with Gasteiger partial charge in [0.15, 0.2) is 10.9 Å². The predicted octanol–water partition coefficient (Wildman–Crippen LogP) is 1.77. The van der Waals surface area contributed by atoms with Gasteiger partial charge in [0.25, 0.3) is 0 Å². The van der Waals surface area contributed by atoms with Crippen LogP contribution in [0, 0.1) is 5.41 Å². The first-order valence-corrected chi connectivity index (χ1v) is 11.2. The Morgan fingerprint density at radius 3 is 2.41 bits per heavy atom. The van der Waals surface area contributed by atoms with Gasteiger partial charge in [-0.05, 0) is 48.3 Å². The van der Waals surface area contributed by atoms with E-state index in [-0.39, 0.29) is 16.1 Å². The fraction of sp³-hybridized carbons (Fsp3) is 0.474. The summed E-state index contributed by atoms with van der Waals surface area (Å²) < 4.78 is 31.9. The molecular weight excluding hydrogens is 412 g/mol. The molecule has 0 bridgehead atoms. The van der Waals surface area contributed by atoms with Crippen LogP contribution in [0.2, 0.25) is 0 Å². The number of ether oxygens (including phenoxy) is 1. The molecule has 0 amide bonds. The number of anilines is 1. The molecule has 0 aromatic heterocycles. The van der Waals surface area contributed by atoms with E-state index in [0.29, 0.717) is 43.5 Å². The molecule has 3 rings (SSSR count). The van der Waals surface area contributed by atoms with E-state index in [1.54, 1.807) is 30.3 Å². The Bertz CT molecular complexity index is 905. The average Bonchev–Trinajstić information content (AvgIpc) is 2.66. The number of ketones is 1. The van der Waals surface area contributed by atoms with E-state index < -0.39 is 10.0 Å². The summed E-state index contributed by atoms with van der Waals surface area (Å²) in [5.41, 5.74) is 7.19. The highest BCUT2D eigenvalue weighted by atomic mass is 32.2. The highest BCUT2D eigenvalue weighted by molar-refractivity contribution is 7.89. The van der Waals surface area contributed by atoms with Crippen molar-refractivity contribution in [3.05, 3.63) is 36.0 Å². The van der Waals surface area contributed by atoms with Crippen molar-refractivity contribution in [1.29, 1.82) is 0 Å². The number of hydrogen-bond acceptors (Lipinski definition) is 6. The minimum Gasteiger partial charge on any atom is -0.379 e. The number of morpholine rings is 1. The number of allylic oxidation sites excluding steroid dienone is 2. The third-order valence-corrected chi connectivity index (χ3v) is 6.83. The van der Waals surface area contributed by atoms with Gasteiger partial charge in [-0.25, -0.2) is 8.42 Å². The summed E-state index contributed by atoms with van der Waals surface area (Å²) in [5.74, 6) is 0.0847. The Hall–Kier alpha value is -2.01. The summed E-state index contributed by atoms with van der Waals surface area (Å²) in [7, 11) is -3.52. The standard InChI is InChI=1S/C19H26N4O4S2/c1-19(2)12-15(11-16(24)13-19)21-22-18(28)20-14-3-5-17(6-4-14)29(25,26)23-7-9-27-10-8-23/h3-6,11,21H,7-10,12-13H2,1-2H3,(H2,20,22,28). The van der Waals surface area contributed by atoms with Crippen molar-refractivity contribution in [2.75, 3.05) is 31.6 Å². The Kier molecular flexibility index (Phi) is 6.57. The number of carbonyl (C=O) groups excluding carboxylic acids is 1. The Labute approximate surface area is 176 Å². The molecule has 1 fully saturated rings. The van der Waals surface area contributed by atoms with Gasteiger partial charge in [-0.1, -0.05) is 13.8 Å². The third-order valence-electron chi connectivity index (χ3n) is 4.71. The van der Waals surface area contributed by atoms with E-state index in [1.807, 2.05) is 13.8 Å². The number of nitrogens with zero attached hydrogens (tertiary/aromatic N) is 1. The number of hydrazine groups is 1. The van der Waals surface area contributed by atoms with E-state index in [1.165, 1.54) is 4.31 Å². The number of rotatable bonds is 5. The fourth-order valence-corrected chi connectivity index (χ4v) is 4.95. The van der Waals surface area contributed by atoms with Crippen molar-refractivity contribution < 1.29 is 17.9 Å². The molecule has 1 aliphatic carbocycles. The number of nitrogens with one attached hydrogen (secondary N) is 3. The van der Waals surface area contributed by atoms with Gasteiger partial charge in [0, 0.05) is 37.0 Å². The molecule has 1 aliphatic heterocycles. The molecule has 2 aliphatic rings. The molecule has 158 valence electrons. The van der Waals surface area contributed by atoms with Crippen LogP contribution in [-0.4, -0.2) is 49.9 Å². The number of benzene rings is 1. The Morgan fingerprint density at radius 1 is 1.14 bits per heavy atom. The maximum atomic E-state index is 12.6. The smallest absolute Gasteiger partial charge is 0.243 e. The number of sulfonamides is 1. The van der Waals surface area contributed by atoms with Crippen molar-refractivity contribution in [1.82, 2.24) is 15.2 Å². The largest absolute Gasteiger partial charge is 0.379 e. The molecule has 1 heterocycles. The topological polar surface area (TPSA) is 99.8 Å². The molecule has 0 saturated carbocycles. The first-order chi connectivity index (χ1) is 13.7. The summed E-state index contributed by atoms with van der Waals surface area (Å²) in [5, 5.41) is 3.30. The van der Waals surface area contributed by atoms with Gasteiger partial charge >= 0.3 is 0 Å². The molecule has 3 N–H and O–H groups in total. The number of thiocarbonyl (C=S) groups is 1. The normalized spacial score (nSPS) is 19.9. The van der Waals surface area contributed by atoms with Crippen LogP contribution >= 0.6 is 12.2 Å². The molecule has 0 radical (unpaired) electrons. The van der Waals surface area contributed by atoms with Gasteiger partial charge in [0.1, 0.15) is 0 Å². The molecule has 8 nitrogen and oxygen atoms in total. The van der Waals surface area contributed by atoms with Gasteiger partial charge < -0.3 is 15.5 Å². The Morgan fingerprint density at radius 2 is 1.79 bits per heavy atom. The van der Waals surface area contributed by atoms with Crippen LogP contribution in [0.25, 0.3) is 0 Å². The minimum absolute atomic E-state index is 0.0847. The van der Waals surface area contributed by atoms with Gasteiger partial charge in [-0.3, -0.25) is 10.2 Å². The van der Waals surface area contributed by atoms with Crippen LogP contribution in [0.5, 0.6) is 0 Å². The van der Waals surface area contributed by atoms with Crippen molar-refractivity contribution in [2.45, 2.75) is 31.6 Å². The van der Waals surface area contributed by atoms with Crippen LogP contribution in [0.15, 0.2) is 40.9 Å². The van der Waals surface area contributed by atoms with Crippen LogP contribution in [0.3, 0.4) is 0 Å². The summed E-state index contributed by atoms with van der Waals surface area (Å²) in [6.07, 6.45) is 2.86. The molecule has 0 atom stereocenters. The molecule has 10 heteroatoms. The summed E-state index contributed by atoms with van der Waals surface area (Å²) in [4.78, 5) is 12.0. The zero-order valence-electron chi connectivity index (χ0n) is 16.5. The van der Waals surface area contributed by atoms with Gasteiger partial charge in [0.05, 0.1) is 18.1 Å². The zero-order chi connectivity index (χ0) is 21.1. The molecule has 0 spiro atoms. The molecule has 0 unspecified atom stereocenters. The fourth-order valence-electron chi connectivity index (χ4n) is 3.37. The van der Waals surface area contributed by atoms with Crippen molar-refractivity contribution in [3.63, 3.8) is 0 Å². The summed E-state index contributed by atoms with van der Waals surface area (Å²) in [6.45, 7) is 5.62. The third kappa shape index (κ3) is 5.75. The van der Waals surface area contributed by atoms with Gasteiger partial charge in [-0.15, -0.1) is 0 Å². The second kappa shape index (κ2) is 8.78. The molecule has 1 aromatic rings. The second-order valence-electron chi connectivity index (χ2n) is 7.90. The zero-order valence-corrected chi connectivity index (χ0v) is 18.2. The summed E-state index contributed by atoms with van der Waals surface area (Å²) in [6, 6.07) is 6.42. The van der Waals surface area contributed by atoms with E-state index >= 15 is 0 Å². The lowest BCUT2D eigenvalue weighted by Gasteiger charge is -2.29. The quantitative estimate of drug-likeness (QED) is 0.473. The van der Waals surface area contributed by atoms with Crippen LogP contribution in [-0.2, 0) is 19.6 Å². The van der Waals surface area contributed by atoms with E-state index in [9.17, 15) is 13.2 Å².